The maximum absolute atomic E-state index is 6.97. The molecule has 0 unspecified atom stereocenters. The molecule has 0 amide bonds. The molecule has 0 aromatic heterocycles. The van der Waals surface area contributed by atoms with Crippen LogP contribution in [0.2, 0.25) is 18.1 Å². The fourth-order valence-corrected chi connectivity index (χ4v) is 7.30. The Morgan fingerprint density at radius 3 is 2.40 bits per heavy atom. The lowest BCUT2D eigenvalue weighted by Crippen LogP contribution is -2.52. The third-order valence-electron chi connectivity index (χ3n) is 8.26. The first-order chi connectivity index (χ1) is 11.4. The summed E-state index contributed by atoms with van der Waals surface area (Å²) in [5.74, 6) is 1.35. The predicted molar refractivity (Wildman–Crippen MR) is 108 cm³/mol. The highest BCUT2D eigenvalue weighted by molar-refractivity contribution is 6.74. The van der Waals surface area contributed by atoms with Crippen LogP contribution in [0, 0.1) is 17.3 Å². The van der Waals surface area contributed by atoms with E-state index in [0.29, 0.717) is 23.4 Å². The minimum Gasteiger partial charge on any atom is -0.414 e. The van der Waals surface area contributed by atoms with Crippen LogP contribution in [0.4, 0.5) is 0 Å². The highest BCUT2D eigenvalue weighted by Gasteiger charge is 2.59. The Morgan fingerprint density at radius 2 is 1.84 bits per heavy atom. The Morgan fingerprint density at radius 1 is 1.16 bits per heavy atom. The molecular formula is C22H40O2Si. The van der Waals surface area contributed by atoms with Crippen molar-refractivity contribution in [3.8, 4) is 0 Å². The molecule has 0 aromatic rings. The van der Waals surface area contributed by atoms with Crippen LogP contribution in [-0.2, 0) is 9.16 Å². The predicted octanol–water partition coefficient (Wildman–Crippen LogP) is 6.33. The van der Waals surface area contributed by atoms with Crippen molar-refractivity contribution in [1.29, 1.82) is 0 Å². The van der Waals surface area contributed by atoms with E-state index in [9.17, 15) is 0 Å². The molecule has 3 fully saturated rings. The summed E-state index contributed by atoms with van der Waals surface area (Å²) in [6.45, 7) is 21.8. The fraction of sp³-hybridized carbons (Fsp3) is 0.909. The van der Waals surface area contributed by atoms with Gasteiger partial charge in [-0.05, 0) is 80.0 Å². The largest absolute Gasteiger partial charge is 0.414 e. The third-order valence-corrected chi connectivity index (χ3v) is 12.8. The van der Waals surface area contributed by atoms with Gasteiger partial charge in [0.05, 0.1) is 12.2 Å². The lowest BCUT2D eigenvalue weighted by molar-refractivity contribution is -0.0970. The molecule has 1 aliphatic heterocycles. The van der Waals surface area contributed by atoms with E-state index in [1.807, 2.05) is 0 Å². The van der Waals surface area contributed by atoms with Gasteiger partial charge in [0.2, 0.25) is 0 Å². The van der Waals surface area contributed by atoms with Gasteiger partial charge in [0, 0.05) is 6.10 Å². The van der Waals surface area contributed by atoms with Crippen molar-refractivity contribution < 1.29 is 9.16 Å². The zero-order valence-electron chi connectivity index (χ0n) is 17.7. The molecule has 5 atom stereocenters. The highest BCUT2D eigenvalue weighted by Crippen LogP contribution is 2.62. The van der Waals surface area contributed by atoms with Gasteiger partial charge in [0.15, 0.2) is 8.32 Å². The average Bonchev–Trinajstić information content (AvgIpc) is 2.98. The maximum Gasteiger partial charge on any atom is 0.192 e. The molecule has 0 N–H and O–H groups in total. The Bertz CT molecular complexity index is 535. The van der Waals surface area contributed by atoms with Gasteiger partial charge in [-0.1, -0.05) is 40.7 Å². The molecule has 2 nitrogen and oxygen atoms in total. The lowest BCUT2D eigenvalue weighted by atomic mass is 9.60. The molecule has 1 heterocycles. The Hall–Kier alpha value is -0.123. The summed E-state index contributed by atoms with van der Waals surface area (Å²) in [7, 11) is -1.71. The van der Waals surface area contributed by atoms with E-state index >= 15 is 0 Å². The summed E-state index contributed by atoms with van der Waals surface area (Å²) in [4.78, 5) is 0. The smallest absolute Gasteiger partial charge is 0.192 e. The molecule has 25 heavy (non-hydrogen) atoms. The summed E-state index contributed by atoms with van der Waals surface area (Å²) in [6, 6.07) is 0. The van der Waals surface area contributed by atoms with Crippen molar-refractivity contribution in [1.82, 2.24) is 0 Å². The summed E-state index contributed by atoms with van der Waals surface area (Å²) in [5, 5.41) is 0.289. The van der Waals surface area contributed by atoms with Crippen LogP contribution in [0.25, 0.3) is 0 Å². The lowest BCUT2D eigenvalue weighted by Gasteiger charge is -2.51. The summed E-state index contributed by atoms with van der Waals surface area (Å²) in [6.07, 6.45) is 8.01. The van der Waals surface area contributed by atoms with Gasteiger partial charge in [0.25, 0.3) is 0 Å². The summed E-state index contributed by atoms with van der Waals surface area (Å²) < 4.78 is 13.3. The second-order valence-electron chi connectivity index (χ2n) is 11.1. The van der Waals surface area contributed by atoms with Crippen LogP contribution in [0.1, 0.15) is 73.1 Å². The Labute approximate surface area is 156 Å². The number of fused-ring (bicyclic) bond motifs is 1. The monoisotopic (exact) mass is 364 g/mol. The second kappa shape index (κ2) is 6.20. The molecule has 144 valence electrons. The van der Waals surface area contributed by atoms with Gasteiger partial charge in [-0.2, -0.15) is 0 Å². The molecule has 0 bridgehead atoms. The minimum atomic E-state index is -1.71. The first-order valence-corrected chi connectivity index (χ1v) is 13.3. The number of hydrogen-bond donors (Lipinski definition) is 0. The van der Waals surface area contributed by atoms with Crippen molar-refractivity contribution in [3.05, 3.63) is 12.2 Å². The molecule has 2 saturated carbocycles. The average molecular weight is 365 g/mol. The van der Waals surface area contributed by atoms with Crippen molar-refractivity contribution in [2.45, 2.75) is 103 Å². The van der Waals surface area contributed by atoms with Crippen molar-refractivity contribution in [2.24, 2.45) is 17.3 Å². The number of hydrogen-bond acceptors (Lipinski definition) is 2. The second-order valence-corrected chi connectivity index (χ2v) is 15.8. The van der Waals surface area contributed by atoms with Crippen LogP contribution in [0.15, 0.2) is 12.2 Å². The highest BCUT2D eigenvalue weighted by atomic mass is 28.4. The van der Waals surface area contributed by atoms with Crippen molar-refractivity contribution in [2.75, 3.05) is 6.61 Å². The van der Waals surface area contributed by atoms with Gasteiger partial charge in [-0.15, -0.1) is 0 Å². The zero-order valence-corrected chi connectivity index (χ0v) is 18.7. The zero-order chi connectivity index (χ0) is 18.7. The van der Waals surface area contributed by atoms with E-state index < -0.39 is 8.32 Å². The van der Waals surface area contributed by atoms with Crippen LogP contribution in [0.3, 0.4) is 0 Å². The summed E-state index contributed by atoms with van der Waals surface area (Å²) >= 11 is 0. The van der Waals surface area contributed by atoms with Gasteiger partial charge >= 0.3 is 0 Å². The van der Waals surface area contributed by atoms with Gasteiger partial charge in [-0.25, -0.2) is 0 Å². The van der Waals surface area contributed by atoms with E-state index in [2.05, 4.69) is 54.3 Å². The third kappa shape index (κ3) is 3.30. The first kappa shape index (κ1) is 19.6. The maximum atomic E-state index is 6.97. The van der Waals surface area contributed by atoms with Crippen LogP contribution in [0.5, 0.6) is 0 Å². The molecule has 3 heteroatoms. The Balaban J connectivity index is 1.81. The minimum absolute atomic E-state index is 0.000549. The number of ether oxygens (including phenoxy) is 1. The topological polar surface area (TPSA) is 18.5 Å². The summed E-state index contributed by atoms with van der Waals surface area (Å²) in [5.41, 5.74) is 1.64. The van der Waals surface area contributed by atoms with E-state index in [1.54, 1.807) is 0 Å². The molecule has 0 aromatic carbocycles. The molecule has 0 spiro atoms. The van der Waals surface area contributed by atoms with Gasteiger partial charge in [0.1, 0.15) is 0 Å². The van der Waals surface area contributed by atoms with Gasteiger partial charge < -0.3 is 9.16 Å². The first-order valence-electron chi connectivity index (χ1n) is 10.4. The molecular weight excluding hydrogens is 324 g/mol. The van der Waals surface area contributed by atoms with Crippen molar-refractivity contribution >= 4 is 8.32 Å². The van der Waals surface area contributed by atoms with E-state index in [-0.39, 0.29) is 10.6 Å². The molecule has 1 saturated heterocycles. The van der Waals surface area contributed by atoms with Gasteiger partial charge in [-0.3, -0.25) is 0 Å². The normalized spacial score (nSPS) is 42.7. The molecule has 3 aliphatic rings. The van der Waals surface area contributed by atoms with Crippen LogP contribution >= 0.6 is 0 Å². The quantitative estimate of drug-likeness (QED) is 0.430. The van der Waals surface area contributed by atoms with Crippen LogP contribution < -0.4 is 0 Å². The van der Waals surface area contributed by atoms with Crippen molar-refractivity contribution in [3.63, 3.8) is 0 Å². The SMILES string of the molecule is C=C1CO[C@](C)([C@H]2CC[C@H]3[C@@H](O[Si](C)(C)C(C)(C)C)CCC[C@@]32C)C1. The van der Waals surface area contributed by atoms with E-state index in [0.717, 1.165) is 13.0 Å². The van der Waals surface area contributed by atoms with E-state index in [4.69, 9.17) is 9.16 Å². The van der Waals surface area contributed by atoms with Crippen LogP contribution in [-0.4, -0.2) is 26.6 Å². The standard InChI is InChI=1S/C22H40O2Si/c1-16-14-22(6,23-15-16)19-12-11-17-18(10-9-13-21(17,19)5)24-25(7,8)20(2,3)4/h17-19H,1,9-15H2,2-8H3/t17-,18-,19-,21-,22-/m0/s1. The molecule has 0 radical (unpaired) electrons. The van der Waals surface area contributed by atoms with E-state index in [1.165, 1.54) is 37.7 Å². The molecule has 3 rings (SSSR count). The fourth-order valence-electron chi connectivity index (χ4n) is 5.91. The number of rotatable bonds is 3. The molecule has 2 aliphatic carbocycles. The Kier molecular flexibility index (Phi) is 4.87.